The number of rotatable bonds is 4. The minimum Gasteiger partial charge on any atom is -0.364 e. The second-order valence-electron chi connectivity index (χ2n) is 6.22. The van der Waals surface area contributed by atoms with E-state index in [1.165, 1.54) is 0 Å². The largest absolute Gasteiger partial charge is 0.364 e. The van der Waals surface area contributed by atoms with Gasteiger partial charge in [-0.15, -0.1) is 0 Å². The lowest BCUT2D eigenvalue weighted by atomic mass is 10.1. The Morgan fingerprint density at radius 1 is 1.43 bits per heavy atom. The van der Waals surface area contributed by atoms with Gasteiger partial charge in [0.25, 0.3) is 0 Å². The molecule has 2 aromatic rings. The van der Waals surface area contributed by atoms with E-state index < -0.39 is 0 Å². The molecule has 0 unspecified atom stereocenters. The predicted octanol–water partition coefficient (Wildman–Crippen LogP) is 1.73. The fourth-order valence-electron chi connectivity index (χ4n) is 2.99. The number of aromatic nitrogens is 2. The molecule has 1 aromatic carbocycles. The second kappa shape index (κ2) is 7.10. The smallest absolute Gasteiger partial charge is 0.248 e. The van der Waals surface area contributed by atoms with Crippen LogP contribution < -0.4 is 5.73 Å². The third-order valence-corrected chi connectivity index (χ3v) is 4.35. The number of ether oxygens (including phenoxy) is 1. The summed E-state index contributed by atoms with van der Waals surface area (Å²) in [6.45, 7) is 3.94. The van der Waals surface area contributed by atoms with Crippen molar-refractivity contribution in [3.8, 4) is 0 Å². The molecule has 124 valence electrons. The number of para-hydroxylation sites is 1. The Hall–Kier alpha value is -1.92. The minimum absolute atomic E-state index is 0.0337. The van der Waals surface area contributed by atoms with E-state index in [0.29, 0.717) is 6.61 Å². The maximum absolute atomic E-state index is 12.2. The number of benzene rings is 1. The van der Waals surface area contributed by atoms with Crippen LogP contribution in [-0.2, 0) is 16.1 Å². The number of likely N-dealkylation sites (tertiary alicyclic amines) is 1. The zero-order valence-corrected chi connectivity index (χ0v) is 13.5. The summed E-state index contributed by atoms with van der Waals surface area (Å²) >= 11 is 0. The number of nitrogens with two attached hydrogens (primary N) is 1. The number of hydrogen-bond acceptors (Lipinski definition) is 4. The van der Waals surface area contributed by atoms with Gasteiger partial charge in [-0.05, 0) is 37.8 Å². The number of hydrogen-bond donors (Lipinski definition) is 2. The number of H-pyrrole nitrogens is 1. The minimum atomic E-state index is 0.0337. The first-order valence-electron chi connectivity index (χ1n) is 8.19. The van der Waals surface area contributed by atoms with E-state index in [-0.39, 0.29) is 18.6 Å². The van der Waals surface area contributed by atoms with Gasteiger partial charge in [0, 0.05) is 19.1 Å². The highest BCUT2D eigenvalue weighted by Gasteiger charge is 2.18. The molecule has 3 rings (SSSR count). The summed E-state index contributed by atoms with van der Waals surface area (Å²) in [5, 5.41) is 0. The van der Waals surface area contributed by atoms with Crippen LogP contribution in [0.15, 0.2) is 18.2 Å². The van der Waals surface area contributed by atoms with Crippen molar-refractivity contribution in [3.63, 3.8) is 0 Å². The van der Waals surface area contributed by atoms with Gasteiger partial charge in [0.2, 0.25) is 5.91 Å². The van der Waals surface area contributed by atoms with Gasteiger partial charge in [-0.3, -0.25) is 4.79 Å². The molecular formula is C17H24N4O2. The molecule has 1 aromatic heterocycles. The van der Waals surface area contributed by atoms with Gasteiger partial charge in [0.05, 0.1) is 11.0 Å². The van der Waals surface area contributed by atoms with Crippen molar-refractivity contribution < 1.29 is 9.53 Å². The number of carbonyl (C=O) groups excluding carboxylic acids is 1. The average Bonchev–Trinajstić information content (AvgIpc) is 2.82. The van der Waals surface area contributed by atoms with E-state index in [2.05, 4.69) is 9.97 Å². The van der Waals surface area contributed by atoms with Crippen LogP contribution in [0.5, 0.6) is 0 Å². The summed E-state index contributed by atoms with van der Waals surface area (Å²) in [7, 11) is 0. The van der Waals surface area contributed by atoms with E-state index in [9.17, 15) is 4.79 Å². The van der Waals surface area contributed by atoms with E-state index >= 15 is 0 Å². The van der Waals surface area contributed by atoms with E-state index in [1.54, 1.807) is 0 Å². The van der Waals surface area contributed by atoms with Crippen LogP contribution in [0.4, 0.5) is 0 Å². The Labute approximate surface area is 136 Å². The Kier molecular flexibility index (Phi) is 4.93. The van der Waals surface area contributed by atoms with Gasteiger partial charge >= 0.3 is 0 Å². The van der Waals surface area contributed by atoms with Gasteiger partial charge < -0.3 is 20.4 Å². The number of nitrogens with one attached hydrogen (secondary N) is 1. The molecule has 0 spiro atoms. The fourth-order valence-corrected chi connectivity index (χ4v) is 2.99. The molecular weight excluding hydrogens is 292 g/mol. The first-order chi connectivity index (χ1) is 11.1. The van der Waals surface area contributed by atoms with Crippen molar-refractivity contribution in [3.05, 3.63) is 29.6 Å². The van der Waals surface area contributed by atoms with E-state index in [4.69, 9.17) is 10.5 Å². The number of aryl methyl sites for hydroxylation is 1. The average molecular weight is 316 g/mol. The highest BCUT2D eigenvalue weighted by atomic mass is 16.5. The topological polar surface area (TPSA) is 84.2 Å². The van der Waals surface area contributed by atoms with Gasteiger partial charge in [0.15, 0.2) is 0 Å². The third kappa shape index (κ3) is 3.89. The van der Waals surface area contributed by atoms with E-state index in [1.807, 2.05) is 30.0 Å². The number of nitrogens with zero attached hydrogens (tertiary/aromatic N) is 2. The van der Waals surface area contributed by atoms with Crippen LogP contribution in [0.25, 0.3) is 11.0 Å². The molecule has 23 heavy (non-hydrogen) atoms. The van der Waals surface area contributed by atoms with Crippen LogP contribution in [0.2, 0.25) is 0 Å². The van der Waals surface area contributed by atoms with Crippen LogP contribution in [0, 0.1) is 6.92 Å². The summed E-state index contributed by atoms with van der Waals surface area (Å²) < 4.78 is 5.56. The number of aromatic amines is 1. The first-order valence-corrected chi connectivity index (χ1v) is 8.19. The van der Waals surface area contributed by atoms with Gasteiger partial charge in [-0.1, -0.05) is 12.1 Å². The fraction of sp³-hybridized carbons (Fsp3) is 0.529. The molecule has 1 aliphatic rings. The number of amides is 1. The number of imidazole rings is 1. The van der Waals surface area contributed by atoms with Crippen LogP contribution in [0.3, 0.4) is 0 Å². The Balaban J connectivity index is 1.52. The molecule has 1 saturated heterocycles. The number of fused-ring (bicyclic) bond motifs is 1. The summed E-state index contributed by atoms with van der Waals surface area (Å²) in [6, 6.07) is 6.23. The lowest BCUT2D eigenvalue weighted by Crippen LogP contribution is -2.35. The molecule has 3 N–H and O–H groups in total. The summed E-state index contributed by atoms with van der Waals surface area (Å²) in [5.41, 5.74) is 9.02. The lowest BCUT2D eigenvalue weighted by molar-refractivity contribution is -0.136. The lowest BCUT2D eigenvalue weighted by Gasteiger charge is -2.20. The van der Waals surface area contributed by atoms with Crippen LogP contribution >= 0.6 is 0 Å². The molecule has 6 nitrogen and oxygen atoms in total. The van der Waals surface area contributed by atoms with Crippen molar-refractivity contribution in [2.75, 3.05) is 19.7 Å². The third-order valence-electron chi connectivity index (χ3n) is 4.35. The Bertz CT molecular complexity index is 682. The molecule has 1 atom stereocenters. The monoisotopic (exact) mass is 316 g/mol. The van der Waals surface area contributed by atoms with Crippen LogP contribution in [0.1, 0.15) is 30.7 Å². The molecule has 1 aliphatic heterocycles. The first kappa shape index (κ1) is 16.0. The predicted molar refractivity (Wildman–Crippen MR) is 88.9 cm³/mol. The zero-order chi connectivity index (χ0) is 16.2. The Morgan fingerprint density at radius 2 is 2.30 bits per heavy atom. The highest BCUT2D eigenvalue weighted by Crippen LogP contribution is 2.16. The molecule has 0 saturated carbocycles. The summed E-state index contributed by atoms with van der Waals surface area (Å²) in [5.74, 6) is 0.784. The number of carbonyl (C=O) groups is 1. The van der Waals surface area contributed by atoms with Crippen molar-refractivity contribution in [1.82, 2.24) is 14.9 Å². The summed E-state index contributed by atoms with van der Waals surface area (Å²) in [4.78, 5) is 21.8. The molecule has 6 heteroatoms. The normalized spacial score (nSPS) is 19.0. The second-order valence-corrected chi connectivity index (χ2v) is 6.22. The van der Waals surface area contributed by atoms with Crippen molar-refractivity contribution in [1.29, 1.82) is 0 Å². The Morgan fingerprint density at radius 3 is 3.13 bits per heavy atom. The van der Waals surface area contributed by atoms with Gasteiger partial charge in [-0.2, -0.15) is 0 Å². The summed E-state index contributed by atoms with van der Waals surface area (Å²) in [6.07, 6.45) is 2.83. The van der Waals surface area contributed by atoms with Crippen molar-refractivity contribution in [2.45, 2.75) is 38.8 Å². The van der Waals surface area contributed by atoms with Crippen molar-refractivity contribution >= 4 is 16.9 Å². The maximum atomic E-state index is 12.2. The maximum Gasteiger partial charge on any atom is 0.248 e. The highest BCUT2D eigenvalue weighted by molar-refractivity contribution is 5.78. The molecule has 1 amide bonds. The molecule has 1 fully saturated rings. The van der Waals surface area contributed by atoms with Crippen molar-refractivity contribution in [2.24, 2.45) is 5.73 Å². The molecule has 0 radical (unpaired) electrons. The van der Waals surface area contributed by atoms with Gasteiger partial charge in [0.1, 0.15) is 19.0 Å². The molecule has 2 heterocycles. The SMILES string of the molecule is Cc1cccc2[nH]c(COCC(=O)N3CCC[C@H](N)CC3)nc12. The van der Waals surface area contributed by atoms with Gasteiger partial charge in [-0.25, -0.2) is 4.98 Å². The standard InChI is InChI=1S/C17H24N4O2/c1-12-4-2-6-14-17(12)20-15(19-14)10-23-11-16(22)21-8-3-5-13(18)7-9-21/h2,4,6,13H,3,5,7-11,18H2,1H3,(H,19,20)/t13-/m0/s1. The molecule has 0 aliphatic carbocycles. The van der Waals surface area contributed by atoms with E-state index in [0.717, 1.165) is 54.8 Å². The molecule has 0 bridgehead atoms. The quantitative estimate of drug-likeness (QED) is 0.899. The van der Waals surface area contributed by atoms with Crippen LogP contribution in [-0.4, -0.2) is 46.5 Å². The zero-order valence-electron chi connectivity index (χ0n) is 13.5.